The van der Waals surface area contributed by atoms with Crippen molar-refractivity contribution in [2.45, 2.75) is 103 Å². The van der Waals surface area contributed by atoms with E-state index in [1.165, 1.54) is 70.6 Å². The summed E-state index contributed by atoms with van der Waals surface area (Å²) in [5, 5.41) is 11.3. The average molecular weight is 643 g/mol. The maximum Gasteiger partial charge on any atom is 0.295 e. The molecule has 0 aromatic heterocycles. The van der Waals surface area contributed by atoms with Gasteiger partial charge in [-0.2, -0.15) is 0 Å². The van der Waals surface area contributed by atoms with E-state index in [4.69, 9.17) is 9.47 Å². The fraction of sp³-hybridized carbons (Fsp3) is 0.543. The van der Waals surface area contributed by atoms with Crippen LogP contribution in [-0.2, 0) is 9.59 Å². The number of aliphatic hydroxyl groups is 1. The van der Waals surface area contributed by atoms with Gasteiger partial charge in [0.15, 0.2) is 11.5 Å². The van der Waals surface area contributed by atoms with Crippen LogP contribution in [0.4, 0.5) is 0 Å². The Hall–Kier alpha value is -2.80. The van der Waals surface area contributed by atoms with Crippen LogP contribution in [0.15, 0.2) is 52.5 Å². The lowest BCUT2D eigenvalue weighted by Crippen LogP contribution is -2.30. The number of hydrogen-bond donors (Lipinski definition) is 1. The van der Waals surface area contributed by atoms with Crippen LogP contribution in [0.1, 0.15) is 114 Å². The maximum absolute atomic E-state index is 13.3. The van der Waals surface area contributed by atoms with Crippen LogP contribution < -0.4 is 9.47 Å². The zero-order chi connectivity index (χ0) is 30.3. The zero-order valence-corrected chi connectivity index (χ0v) is 27.2. The van der Waals surface area contributed by atoms with Gasteiger partial charge in [-0.1, -0.05) is 125 Å². The number of benzene rings is 2. The van der Waals surface area contributed by atoms with Gasteiger partial charge < -0.3 is 19.5 Å². The number of carbonyl (C=O) groups is 2. The second-order valence-corrected chi connectivity index (χ2v) is 12.1. The third kappa shape index (κ3) is 9.35. The van der Waals surface area contributed by atoms with Crippen LogP contribution >= 0.6 is 15.9 Å². The number of ether oxygens (including phenoxy) is 2. The molecule has 0 saturated carbocycles. The molecule has 6 nitrogen and oxygen atoms in total. The number of ketones is 1. The molecule has 1 N–H and O–H groups in total. The first kappa shape index (κ1) is 33.7. The van der Waals surface area contributed by atoms with Gasteiger partial charge in [0.05, 0.1) is 25.8 Å². The number of nitrogens with zero attached hydrogens (tertiary/aromatic N) is 1. The number of Topliss-reactive ketones (excluding diaryl/α,β-unsaturated/α-hetero) is 1. The fourth-order valence-electron chi connectivity index (χ4n) is 5.72. The molecule has 1 aliphatic heterocycles. The van der Waals surface area contributed by atoms with E-state index in [1.807, 2.05) is 6.07 Å². The Morgan fingerprint density at radius 2 is 1.29 bits per heavy atom. The van der Waals surface area contributed by atoms with Gasteiger partial charge in [-0.05, 0) is 36.2 Å². The summed E-state index contributed by atoms with van der Waals surface area (Å²) in [6.07, 6.45) is 17.5. The van der Waals surface area contributed by atoms with Crippen molar-refractivity contribution in [2.24, 2.45) is 0 Å². The van der Waals surface area contributed by atoms with Crippen molar-refractivity contribution < 1.29 is 24.2 Å². The lowest BCUT2D eigenvalue weighted by molar-refractivity contribution is -0.139. The smallest absolute Gasteiger partial charge is 0.295 e. The number of hydrogen-bond acceptors (Lipinski definition) is 5. The van der Waals surface area contributed by atoms with Crippen molar-refractivity contribution >= 4 is 33.4 Å². The van der Waals surface area contributed by atoms with Gasteiger partial charge in [-0.3, -0.25) is 9.59 Å². The molecule has 2 aromatic rings. The summed E-state index contributed by atoms with van der Waals surface area (Å²) in [5.74, 6) is -0.369. The summed E-state index contributed by atoms with van der Waals surface area (Å²) in [7, 11) is 3.11. The normalized spacial score (nSPS) is 16.3. The molecule has 7 heteroatoms. The maximum atomic E-state index is 13.3. The highest BCUT2D eigenvalue weighted by Gasteiger charge is 2.46. The Balaban J connectivity index is 1.62. The molecule has 1 atom stereocenters. The summed E-state index contributed by atoms with van der Waals surface area (Å²) in [4.78, 5) is 28.2. The lowest BCUT2D eigenvalue weighted by Gasteiger charge is -2.26. The highest BCUT2D eigenvalue weighted by molar-refractivity contribution is 9.10. The van der Waals surface area contributed by atoms with Crippen LogP contribution in [0.25, 0.3) is 5.76 Å². The largest absolute Gasteiger partial charge is 0.507 e. The number of aliphatic hydroxyl groups excluding tert-OH is 1. The van der Waals surface area contributed by atoms with Crippen molar-refractivity contribution in [3.8, 4) is 11.5 Å². The van der Waals surface area contributed by atoms with E-state index in [0.717, 1.165) is 23.7 Å². The summed E-state index contributed by atoms with van der Waals surface area (Å²) in [6.45, 7) is 2.70. The molecule has 230 valence electrons. The zero-order valence-electron chi connectivity index (χ0n) is 25.6. The molecule has 42 heavy (non-hydrogen) atoms. The highest BCUT2D eigenvalue weighted by atomic mass is 79.9. The number of likely N-dealkylation sites (tertiary alicyclic amines) is 1. The van der Waals surface area contributed by atoms with E-state index in [1.54, 1.807) is 55.5 Å². The van der Waals surface area contributed by atoms with Gasteiger partial charge >= 0.3 is 0 Å². The molecule has 0 radical (unpaired) electrons. The van der Waals surface area contributed by atoms with E-state index < -0.39 is 17.7 Å². The summed E-state index contributed by atoms with van der Waals surface area (Å²) in [5.41, 5.74) is 1.27. The molecule has 0 spiro atoms. The summed E-state index contributed by atoms with van der Waals surface area (Å²) < 4.78 is 11.8. The minimum atomic E-state index is -0.713. The number of rotatable bonds is 19. The molecule has 0 aliphatic carbocycles. The second kappa shape index (κ2) is 18.0. The predicted molar refractivity (Wildman–Crippen MR) is 173 cm³/mol. The average Bonchev–Trinajstić information content (AvgIpc) is 3.25. The van der Waals surface area contributed by atoms with E-state index in [-0.39, 0.29) is 11.3 Å². The Morgan fingerprint density at radius 3 is 1.81 bits per heavy atom. The van der Waals surface area contributed by atoms with Crippen LogP contribution in [0, 0.1) is 0 Å². The molecule has 3 rings (SSSR count). The number of amides is 1. The van der Waals surface area contributed by atoms with Crippen LogP contribution in [0.2, 0.25) is 0 Å². The fourth-order valence-corrected chi connectivity index (χ4v) is 5.98. The third-order valence-electron chi connectivity index (χ3n) is 8.13. The molecule has 1 aliphatic rings. The van der Waals surface area contributed by atoms with Crippen LogP contribution in [0.5, 0.6) is 11.5 Å². The first-order valence-electron chi connectivity index (χ1n) is 15.7. The van der Waals surface area contributed by atoms with Gasteiger partial charge in [0.1, 0.15) is 5.76 Å². The molecular weight excluding hydrogens is 594 g/mol. The highest BCUT2D eigenvalue weighted by Crippen LogP contribution is 2.42. The van der Waals surface area contributed by atoms with Crippen LogP contribution in [0.3, 0.4) is 0 Å². The van der Waals surface area contributed by atoms with E-state index in [2.05, 4.69) is 22.9 Å². The van der Waals surface area contributed by atoms with Gasteiger partial charge in [0.25, 0.3) is 11.7 Å². The van der Waals surface area contributed by atoms with Crippen molar-refractivity contribution in [1.82, 2.24) is 4.90 Å². The molecule has 0 bridgehead atoms. The molecule has 1 heterocycles. The van der Waals surface area contributed by atoms with E-state index >= 15 is 0 Å². The molecule has 1 fully saturated rings. The monoisotopic (exact) mass is 641 g/mol. The van der Waals surface area contributed by atoms with Crippen molar-refractivity contribution in [3.05, 3.63) is 63.6 Å². The summed E-state index contributed by atoms with van der Waals surface area (Å²) in [6, 6.07) is 11.7. The van der Waals surface area contributed by atoms with Crippen molar-refractivity contribution in [2.75, 3.05) is 20.8 Å². The molecular formula is C35H48BrNO5. The molecule has 2 aromatic carbocycles. The van der Waals surface area contributed by atoms with Crippen LogP contribution in [-0.4, -0.2) is 42.5 Å². The van der Waals surface area contributed by atoms with Gasteiger partial charge in [-0.25, -0.2) is 0 Å². The second-order valence-electron chi connectivity index (χ2n) is 11.2. The van der Waals surface area contributed by atoms with Gasteiger partial charge in [-0.15, -0.1) is 0 Å². The standard InChI is InChI=1S/C35H48BrNO5/c1-4-5-6-7-8-9-10-11-12-13-14-15-16-17-24-37-32(27-20-23-29(41-2)30(25-27)42-3)31(34(39)35(37)40)33(38)26-18-21-28(36)22-19-26/h18-23,25,32,38H,4-17,24H2,1-3H3. The van der Waals surface area contributed by atoms with Gasteiger partial charge in [0.2, 0.25) is 0 Å². The van der Waals surface area contributed by atoms with E-state index in [9.17, 15) is 14.7 Å². The minimum Gasteiger partial charge on any atom is -0.507 e. The Bertz CT molecular complexity index is 1180. The number of methoxy groups -OCH3 is 2. The van der Waals surface area contributed by atoms with Gasteiger partial charge in [0, 0.05) is 16.6 Å². The predicted octanol–water partition coefficient (Wildman–Crippen LogP) is 9.37. The Labute approximate surface area is 260 Å². The first-order valence-corrected chi connectivity index (χ1v) is 16.5. The topological polar surface area (TPSA) is 76.1 Å². The third-order valence-corrected chi connectivity index (χ3v) is 8.66. The quantitative estimate of drug-likeness (QED) is 0.0715. The SMILES string of the molecule is CCCCCCCCCCCCCCCCN1C(=O)C(=O)C(=C(O)c2ccc(Br)cc2)C1c1ccc(OC)c(OC)c1. The number of carbonyl (C=O) groups excluding carboxylic acids is 2. The molecule has 1 unspecified atom stereocenters. The molecule has 1 saturated heterocycles. The van der Waals surface area contributed by atoms with Crippen molar-refractivity contribution in [1.29, 1.82) is 0 Å². The number of unbranched alkanes of at least 4 members (excludes halogenated alkanes) is 13. The minimum absolute atomic E-state index is 0.0971. The van der Waals surface area contributed by atoms with E-state index in [0.29, 0.717) is 29.2 Å². The molecule has 1 amide bonds. The summed E-state index contributed by atoms with van der Waals surface area (Å²) >= 11 is 3.41. The van der Waals surface area contributed by atoms with Crippen molar-refractivity contribution in [3.63, 3.8) is 0 Å². The number of halogens is 1. The lowest BCUT2D eigenvalue weighted by atomic mass is 9.95. The first-order chi connectivity index (χ1) is 20.4. The Morgan fingerprint density at radius 1 is 0.762 bits per heavy atom. The Kier molecular flexibility index (Phi) is 14.4.